The van der Waals surface area contributed by atoms with E-state index in [4.69, 9.17) is 4.52 Å². The van der Waals surface area contributed by atoms with Crippen molar-refractivity contribution >= 4 is 44.8 Å². The van der Waals surface area contributed by atoms with Crippen LogP contribution in [0.4, 0.5) is 11.5 Å². The van der Waals surface area contributed by atoms with Crippen molar-refractivity contribution in [1.82, 2.24) is 5.16 Å². The van der Waals surface area contributed by atoms with E-state index in [0.717, 1.165) is 4.88 Å². The second-order valence-corrected chi connectivity index (χ2v) is 7.95. The van der Waals surface area contributed by atoms with Crippen molar-refractivity contribution in [3.05, 3.63) is 64.6 Å². The third kappa shape index (κ3) is 4.58. The van der Waals surface area contributed by atoms with Gasteiger partial charge in [-0.3, -0.25) is 9.52 Å². The molecule has 0 bridgehead atoms. The van der Waals surface area contributed by atoms with Crippen LogP contribution in [-0.2, 0) is 14.8 Å². The van der Waals surface area contributed by atoms with Crippen molar-refractivity contribution in [2.24, 2.45) is 0 Å². The lowest BCUT2D eigenvalue weighted by molar-refractivity contribution is -0.111. The fraction of sp³-hybridized carbons (Fsp3) is 0.0588. The van der Waals surface area contributed by atoms with Gasteiger partial charge in [0.15, 0.2) is 5.82 Å². The first kappa shape index (κ1) is 17.9. The van der Waals surface area contributed by atoms with Gasteiger partial charge in [0.1, 0.15) is 5.76 Å². The van der Waals surface area contributed by atoms with Crippen LogP contribution in [0.3, 0.4) is 0 Å². The highest BCUT2D eigenvalue weighted by Gasteiger charge is 2.16. The number of nitrogens with zero attached hydrogens (tertiary/aromatic N) is 1. The zero-order valence-corrected chi connectivity index (χ0v) is 15.3. The summed E-state index contributed by atoms with van der Waals surface area (Å²) < 4.78 is 31.7. The van der Waals surface area contributed by atoms with Gasteiger partial charge in [0.2, 0.25) is 5.91 Å². The lowest BCUT2D eigenvalue weighted by Crippen LogP contribution is -2.13. The van der Waals surface area contributed by atoms with E-state index in [1.807, 2.05) is 17.5 Å². The van der Waals surface area contributed by atoms with E-state index in [-0.39, 0.29) is 16.6 Å². The molecule has 0 atom stereocenters. The number of anilines is 2. The normalized spacial score (nSPS) is 11.6. The highest BCUT2D eigenvalue weighted by Crippen LogP contribution is 2.18. The van der Waals surface area contributed by atoms with E-state index < -0.39 is 10.0 Å². The van der Waals surface area contributed by atoms with Crippen molar-refractivity contribution in [2.45, 2.75) is 11.8 Å². The summed E-state index contributed by atoms with van der Waals surface area (Å²) in [7, 11) is -3.78. The molecule has 0 aliphatic heterocycles. The van der Waals surface area contributed by atoms with Gasteiger partial charge in [-0.15, -0.1) is 11.3 Å². The number of benzene rings is 1. The Kier molecular flexibility index (Phi) is 5.19. The van der Waals surface area contributed by atoms with Crippen LogP contribution in [0.5, 0.6) is 0 Å². The molecular formula is C17H15N3O4S2. The molecule has 1 amide bonds. The fourth-order valence-electron chi connectivity index (χ4n) is 2.06. The second kappa shape index (κ2) is 7.54. The molecule has 0 fully saturated rings. The third-order valence-corrected chi connectivity index (χ3v) is 5.45. The van der Waals surface area contributed by atoms with E-state index in [1.54, 1.807) is 13.0 Å². The van der Waals surface area contributed by atoms with Crippen molar-refractivity contribution in [1.29, 1.82) is 0 Å². The predicted molar refractivity (Wildman–Crippen MR) is 100 cm³/mol. The molecule has 134 valence electrons. The minimum Gasteiger partial charge on any atom is -0.360 e. The van der Waals surface area contributed by atoms with E-state index in [1.165, 1.54) is 47.7 Å². The Balaban J connectivity index is 1.65. The van der Waals surface area contributed by atoms with Gasteiger partial charge in [-0.1, -0.05) is 11.2 Å². The summed E-state index contributed by atoms with van der Waals surface area (Å²) in [6.45, 7) is 1.66. The van der Waals surface area contributed by atoms with Crippen molar-refractivity contribution in [3.63, 3.8) is 0 Å². The van der Waals surface area contributed by atoms with Crippen molar-refractivity contribution < 1.29 is 17.7 Å². The Morgan fingerprint density at radius 3 is 2.62 bits per heavy atom. The van der Waals surface area contributed by atoms with Crippen LogP contribution in [0.25, 0.3) is 6.08 Å². The molecule has 0 saturated carbocycles. The molecule has 1 aromatic carbocycles. The molecule has 3 aromatic rings. The molecule has 26 heavy (non-hydrogen) atoms. The molecule has 0 unspecified atom stereocenters. The average molecular weight is 389 g/mol. The number of sulfonamides is 1. The molecule has 9 heteroatoms. The molecule has 2 heterocycles. The maximum atomic E-state index is 12.3. The minimum absolute atomic E-state index is 0.0466. The summed E-state index contributed by atoms with van der Waals surface area (Å²) in [6, 6.07) is 11.1. The van der Waals surface area contributed by atoms with Crippen LogP contribution in [0.15, 0.2) is 63.3 Å². The van der Waals surface area contributed by atoms with E-state index in [9.17, 15) is 13.2 Å². The third-order valence-electron chi connectivity index (χ3n) is 3.24. The number of aromatic nitrogens is 1. The van der Waals surface area contributed by atoms with Gasteiger partial charge in [0.05, 0.1) is 4.90 Å². The first-order valence-corrected chi connectivity index (χ1v) is 9.87. The van der Waals surface area contributed by atoms with Gasteiger partial charge in [0.25, 0.3) is 10.0 Å². The molecule has 0 saturated heterocycles. The lowest BCUT2D eigenvalue weighted by atomic mass is 10.3. The Labute approximate surface area is 154 Å². The van der Waals surface area contributed by atoms with Crippen LogP contribution in [-0.4, -0.2) is 19.5 Å². The number of aryl methyl sites for hydroxylation is 1. The number of rotatable bonds is 6. The predicted octanol–water partition coefficient (Wildman–Crippen LogP) is 3.50. The van der Waals surface area contributed by atoms with Crippen LogP contribution in [0, 0.1) is 6.92 Å². The molecule has 0 radical (unpaired) electrons. The number of nitrogens with one attached hydrogen (secondary N) is 2. The van der Waals surface area contributed by atoms with Gasteiger partial charge < -0.3 is 9.84 Å². The number of hydrogen-bond acceptors (Lipinski definition) is 6. The molecule has 3 rings (SSSR count). The SMILES string of the molecule is Cc1cc(NS(=O)(=O)c2ccc(NC(=O)C=Cc3cccs3)cc2)no1. The summed E-state index contributed by atoms with van der Waals surface area (Å²) in [6.07, 6.45) is 3.13. The monoisotopic (exact) mass is 389 g/mol. The fourth-order valence-corrected chi connectivity index (χ4v) is 3.66. The first-order chi connectivity index (χ1) is 12.4. The molecule has 0 aliphatic rings. The van der Waals surface area contributed by atoms with Gasteiger partial charge in [-0.2, -0.15) is 0 Å². The lowest BCUT2D eigenvalue weighted by Gasteiger charge is -2.06. The topological polar surface area (TPSA) is 101 Å². The zero-order valence-electron chi connectivity index (χ0n) is 13.7. The average Bonchev–Trinajstić information content (AvgIpc) is 3.25. The van der Waals surface area contributed by atoms with Gasteiger partial charge in [-0.05, 0) is 48.7 Å². The van der Waals surface area contributed by atoms with E-state index in [2.05, 4.69) is 15.2 Å². The number of amides is 1. The summed E-state index contributed by atoms with van der Waals surface area (Å²) in [5.74, 6) is 0.306. The second-order valence-electron chi connectivity index (χ2n) is 5.29. The smallest absolute Gasteiger partial charge is 0.263 e. The minimum atomic E-state index is -3.78. The summed E-state index contributed by atoms with van der Waals surface area (Å²) in [4.78, 5) is 12.9. The molecule has 0 spiro atoms. The highest BCUT2D eigenvalue weighted by molar-refractivity contribution is 7.92. The zero-order chi connectivity index (χ0) is 18.6. The van der Waals surface area contributed by atoms with Gasteiger partial charge in [0, 0.05) is 22.7 Å². The van der Waals surface area contributed by atoms with Crippen LogP contribution in [0.1, 0.15) is 10.6 Å². The van der Waals surface area contributed by atoms with Gasteiger partial charge >= 0.3 is 0 Å². The Morgan fingerprint density at radius 1 is 1.23 bits per heavy atom. The molecule has 0 aliphatic carbocycles. The van der Waals surface area contributed by atoms with Crippen LogP contribution < -0.4 is 10.0 Å². The number of carbonyl (C=O) groups excluding carboxylic acids is 1. The standard InChI is InChI=1S/C17H15N3O4S2/c1-12-11-16(19-24-12)20-26(22,23)15-7-4-13(5-8-15)18-17(21)9-6-14-3-2-10-25-14/h2-11H,1H3,(H,18,21)(H,19,20). The summed E-state index contributed by atoms with van der Waals surface area (Å²) >= 11 is 1.53. The molecule has 2 N–H and O–H groups in total. The van der Waals surface area contributed by atoms with Crippen molar-refractivity contribution in [3.8, 4) is 0 Å². The number of hydrogen-bond donors (Lipinski definition) is 2. The molecular weight excluding hydrogens is 374 g/mol. The Hall–Kier alpha value is -2.91. The van der Waals surface area contributed by atoms with Gasteiger partial charge in [-0.25, -0.2) is 8.42 Å². The maximum Gasteiger partial charge on any atom is 0.263 e. The molecule has 2 aromatic heterocycles. The number of carbonyl (C=O) groups is 1. The van der Waals surface area contributed by atoms with Crippen LogP contribution in [0.2, 0.25) is 0 Å². The van der Waals surface area contributed by atoms with Crippen molar-refractivity contribution in [2.75, 3.05) is 10.0 Å². The molecule has 7 nitrogen and oxygen atoms in total. The van der Waals surface area contributed by atoms with E-state index >= 15 is 0 Å². The number of thiophene rings is 1. The summed E-state index contributed by atoms with van der Waals surface area (Å²) in [5, 5.41) is 8.19. The first-order valence-electron chi connectivity index (χ1n) is 7.51. The maximum absolute atomic E-state index is 12.3. The van der Waals surface area contributed by atoms with Crippen LogP contribution >= 0.6 is 11.3 Å². The Morgan fingerprint density at radius 2 is 2.00 bits per heavy atom. The Bertz CT molecular complexity index is 1020. The van der Waals surface area contributed by atoms with E-state index in [0.29, 0.717) is 11.4 Å². The quantitative estimate of drug-likeness (QED) is 0.628. The largest absolute Gasteiger partial charge is 0.360 e. The summed E-state index contributed by atoms with van der Waals surface area (Å²) in [5.41, 5.74) is 0.488. The highest BCUT2D eigenvalue weighted by atomic mass is 32.2.